The van der Waals surface area contributed by atoms with Gasteiger partial charge < -0.3 is 10.3 Å². The van der Waals surface area contributed by atoms with Crippen molar-refractivity contribution in [3.8, 4) is 22.8 Å². The summed E-state index contributed by atoms with van der Waals surface area (Å²) in [6.45, 7) is 0. The molecule has 0 atom stereocenters. The van der Waals surface area contributed by atoms with Crippen molar-refractivity contribution in [2.24, 2.45) is 0 Å². The maximum atomic E-state index is 13.2. The van der Waals surface area contributed by atoms with Crippen LogP contribution in [0, 0.1) is 11.6 Å². The molecule has 2 N–H and O–H groups in total. The molecule has 3 aromatic rings. The summed E-state index contributed by atoms with van der Waals surface area (Å²) in [5, 5.41) is 4.22. The summed E-state index contributed by atoms with van der Waals surface area (Å²) in [5.74, 6) is -1.61. The Morgan fingerprint density at radius 2 is 1.86 bits per heavy atom. The summed E-state index contributed by atoms with van der Waals surface area (Å²) in [6, 6.07) is 8.18. The molecule has 1 aromatic heterocycles. The van der Waals surface area contributed by atoms with Crippen LogP contribution in [0.25, 0.3) is 22.8 Å². The Morgan fingerprint density at radius 1 is 1.05 bits per heavy atom. The van der Waals surface area contributed by atoms with E-state index in [1.165, 1.54) is 6.07 Å². The minimum absolute atomic E-state index is 0.137. The summed E-state index contributed by atoms with van der Waals surface area (Å²) >= 11 is 5.81. The summed E-state index contributed by atoms with van der Waals surface area (Å²) in [7, 11) is 0. The predicted octanol–water partition coefficient (Wildman–Crippen LogP) is 3.92. The van der Waals surface area contributed by atoms with Gasteiger partial charge in [0.25, 0.3) is 5.89 Å². The van der Waals surface area contributed by atoms with E-state index >= 15 is 0 Å². The molecule has 0 aliphatic heterocycles. The monoisotopic (exact) mass is 307 g/mol. The summed E-state index contributed by atoms with van der Waals surface area (Å²) in [6.07, 6.45) is 0. The first-order valence-electron chi connectivity index (χ1n) is 5.89. The Bertz CT molecular complexity index is 820. The number of nitrogens with two attached hydrogens (primary N) is 1. The van der Waals surface area contributed by atoms with Crippen LogP contribution in [0.15, 0.2) is 40.9 Å². The minimum atomic E-state index is -0.982. The highest BCUT2D eigenvalue weighted by Crippen LogP contribution is 2.29. The van der Waals surface area contributed by atoms with E-state index < -0.39 is 11.6 Å². The predicted molar refractivity (Wildman–Crippen MR) is 74.5 cm³/mol. The third-order valence-electron chi connectivity index (χ3n) is 2.85. The van der Waals surface area contributed by atoms with Gasteiger partial charge in [0.1, 0.15) is 0 Å². The average Bonchev–Trinajstić information content (AvgIpc) is 2.91. The van der Waals surface area contributed by atoms with E-state index in [2.05, 4.69) is 10.1 Å². The molecule has 2 aromatic carbocycles. The van der Waals surface area contributed by atoms with E-state index in [-0.39, 0.29) is 11.7 Å². The van der Waals surface area contributed by atoms with Crippen LogP contribution in [-0.2, 0) is 0 Å². The zero-order valence-electron chi connectivity index (χ0n) is 10.5. The summed E-state index contributed by atoms with van der Waals surface area (Å²) in [4.78, 5) is 4.12. The Balaban J connectivity index is 2.01. The lowest BCUT2D eigenvalue weighted by atomic mass is 10.2. The molecule has 0 saturated carbocycles. The van der Waals surface area contributed by atoms with Crippen LogP contribution >= 0.6 is 11.6 Å². The molecule has 0 fully saturated rings. The fraction of sp³-hybridized carbons (Fsp3) is 0. The molecule has 0 spiro atoms. The van der Waals surface area contributed by atoms with Gasteiger partial charge in [0.15, 0.2) is 11.6 Å². The number of benzene rings is 2. The number of rotatable bonds is 2. The molecule has 0 unspecified atom stereocenters. The van der Waals surface area contributed by atoms with Gasteiger partial charge in [-0.2, -0.15) is 4.98 Å². The molecule has 0 amide bonds. The van der Waals surface area contributed by atoms with E-state index in [1.54, 1.807) is 18.2 Å². The molecule has 0 aliphatic rings. The number of anilines is 1. The van der Waals surface area contributed by atoms with Crippen molar-refractivity contribution in [3.63, 3.8) is 0 Å². The lowest BCUT2D eigenvalue weighted by molar-refractivity contribution is 0.432. The SMILES string of the molecule is Nc1cc(Cl)ccc1-c1nc(-c2ccc(F)c(F)c2)no1. The number of aromatic nitrogens is 2. The van der Waals surface area contributed by atoms with E-state index in [9.17, 15) is 8.78 Å². The van der Waals surface area contributed by atoms with Crippen molar-refractivity contribution in [2.75, 3.05) is 5.73 Å². The van der Waals surface area contributed by atoms with E-state index in [0.717, 1.165) is 12.1 Å². The zero-order valence-corrected chi connectivity index (χ0v) is 11.2. The molecule has 7 heteroatoms. The van der Waals surface area contributed by atoms with Crippen molar-refractivity contribution < 1.29 is 13.3 Å². The van der Waals surface area contributed by atoms with Crippen molar-refractivity contribution >= 4 is 17.3 Å². The second-order valence-electron chi connectivity index (χ2n) is 4.28. The fourth-order valence-electron chi connectivity index (χ4n) is 1.81. The van der Waals surface area contributed by atoms with Crippen LogP contribution < -0.4 is 5.73 Å². The first-order chi connectivity index (χ1) is 10.0. The largest absolute Gasteiger partial charge is 0.398 e. The van der Waals surface area contributed by atoms with Crippen molar-refractivity contribution in [3.05, 3.63) is 53.1 Å². The standard InChI is InChI=1S/C14H8ClF2N3O/c15-8-2-3-9(12(18)6-8)14-19-13(20-21-14)7-1-4-10(16)11(17)5-7/h1-6H,18H2. The molecule has 0 bridgehead atoms. The van der Waals surface area contributed by atoms with Gasteiger partial charge in [0, 0.05) is 16.3 Å². The minimum Gasteiger partial charge on any atom is -0.398 e. The second-order valence-corrected chi connectivity index (χ2v) is 4.72. The third kappa shape index (κ3) is 2.57. The van der Waals surface area contributed by atoms with Gasteiger partial charge in [-0.15, -0.1) is 0 Å². The van der Waals surface area contributed by atoms with Crippen LogP contribution in [0.3, 0.4) is 0 Å². The highest BCUT2D eigenvalue weighted by molar-refractivity contribution is 6.31. The third-order valence-corrected chi connectivity index (χ3v) is 3.08. The second kappa shape index (κ2) is 5.14. The number of hydrogen-bond acceptors (Lipinski definition) is 4. The average molecular weight is 308 g/mol. The van der Waals surface area contributed by atoms with Crippen molar-refractivity contribution in [1.29, 1.82) is 0 Å². The molecule has 0 saturated heterocycles. The molecule has 0 radical (unpaired) electrons. The molecular formula is C14H8ClF2N3O. The van der Waals surface area contributed by atoms with Crippen LogP contribution in [-0.4, -0.2) is 10.1 Å². The van der Waals surface area contributed by atoms with Crippen LogP contribution in [0.1, 0.15) is 0 Å². The fourth-order valence-corrected chi connectivity index (χ4v) is 1.99. The maximum Gasteiger partial charge on any atom is 0.260 e. The smallest absolute Gasteiger partial charge is 0.260 e. The van der Waals surface area contributed by atoms with Crippen LogP contribution in [0.5, 0.6) is 0 Å². The molecule has 106 valence electrons. The van der Waals surface area contributed by atoms with Gasteiger partial charge >= 0.3 is 0 Å². The van der Waals surface area contributed by atoms with Crippen LogP contribution in [0.2, 0.25) is 5.02 Å². The number of nitrogens with zero attached hydrogens (tertiary/aromatic N) is 2. The Labute approximate surface area is 123 Å². The van der Waals surface area contributed by atoms with Gasteiger partial charge in [-0.3, -0.25) is 0 Å². The molecule has 3 rings (SSSR count). The summed E-state index contributed by atoms with van der Waals surface area (Å²) < 4.78 is 31.2. The van der Waals surface area contributed by atoms with Gasteiger partial charge in [0.05, 0.1) is 5.56 Å². The van der Waals surface area contributed by atoms with E-state index in [0.29, 0.717) is 21.8 Å². The lowest BCUT2D eigenvalue weighted by Crippen LogP contribution is -1.90. The van der Waals surface area contributed by atoms with Gasteiger partial charge in [-0.1, -0.05) is 16.8 Å². The Morgan fingerprint density at radius 3 is 2.57 bits per heavy atom. The van der Waals surface area contributed by atoms with E-state index in [4.69, 9.17) is 21.9 Å². The maximum absolute atomic E-state index is 13.2. The topological polar surface area (TPSA) is 64.9 Å². The van der Waals surface area contributed by atoms with Crippen molar-refractivity contribution in [1.82, 2.24) is 10.1 Å². The quantitative estimate of drug-likeness (QED) is 0.729. The lowest BCUT2D eigenvalue weighted by Gasteiger charge is -2.00. The number of halogens is 3. The van der Waals surface area contributed by atoms with Gasteiger partial charge in [0.2, 0.25) is 5.82 Å². The van der Waals surface area contributed by atoms with Crippen LogP contribution in [0.4, 0.5) is 14.5 Å². The molecular weight excluding hydrogens is 300 g/mol. The molecule has 1 heterocycles. The number of hydrogen-bond donors (Lipinski definition) is 1. The first-order valence-corrected chi connectivity index (χ1v) is 6.27. The first kappa shape index (κ1) is 13.5. The van der Waals surface area contributed by atoms with Gasteiger partial charge in [-0.25, -0.2) is 8.78 Å². The zero-order chi connectivity index (χ0) is 15.0. The molecule has 0 aliphatic carbocycles. The Kier molecular flexibility index (Phi) is 3.31. The summed E-state index contributed by atoms with van der Waals surface area (Å²) in [5.41, 5.74) is 7.02. The van der Waals surface area contributed by atoms with E-state index in [1.807, 2.05) is 0 Å². The number of nitrogen functional groups attached to an aromatic ring is 1. The molecule has 4 nitrogen and oxygen atoms in total. The normalized spacial score (nSPS) is 10.8. The molecule has 21 heavy (non-hydrogen) atoms. The van der Waals surface area contributed by atoms with Gasteiger partial charge in [-0.05, 0) is 36.4 Å². The highest BCUT2D eigenvalue weighted by atomic mass is 35.5. The Hall–Kier alpha value is -2.47. The van der Waals surface area contributed by atoms with Crippen molar-refractivity contribution in [2.45, 2.75) is 0 Å². The highest BCUT2D eigenvalue weighted by Gasteiger charge is 2.14.